The van der Waals surface area contributed by atoms with Crippen LogP contribution in [0.15, 0.2) is 30.3 Å². The number of halogens is 3. The minimum Gasteiger partial charge on any atom is -0.309 e. The van der Waals surface area contributed by atoms with E-state index in [4.69, 9.17) is 0 Å². The van der Waals surface area contributed by atoms with Crippen molar-refractivity contribution in [2.45, 2.75) is 19.9 Å². The van der Waals surface area contributed by atoms with Crippen LogP contribution in [0.1, 0.15) is 28.3 Å². The molecule has 0 radical (unpaired) electrons. The molecule has 0 spiro atoms. The third-order valence-electron chi connectivity index (χ3n) is 3.41. The molecule has 0 heterocycles. The zero-order valence-electron chi connectivity index (χ0n) is 11.6. The lowest BCUT2D eigenvalue weighted by Gasteiger charge is -2.20. The molecule has 0 bridgehead atoms. The highest BCUT2D eigenvalue weighted by molar-refractivity contribution is 5.38. The Bertz CT molecular complexity index is 638. The first-order chi connectivity index (χ1) is 9.45. The predicted molar refractivity (Wildman–Crippen MR) is 73.1 cm³/mol. The zero-order chi connectivity index (χ0) is 14.9. The largest absolute Gasteiger partial charge is 0.309 e. The highest BCUT2D eigenvalue weighted by Gasteiger charge is 2.22. The average Bonchev–Trinajstić information content (AvgIpc) is 2.42. The van der Waals surface area contributed by atoms with E-state index in [2.05, 4.69) is 5.32 Å². The second-order valence-electron chi connectivity index (χ2n) is 4.82. The summed E-state index contributed by atoms with van der Waals surface area (Å²) in [5.74, 6) is -1.53. The van der Waals surface area contributed by atoms with E-state index in [-0.39, 0.29) is 11.4 Å². The second-order valence-corrected chi connectivity index (χ2v) is 4.82. The molecule has 0 aromatic heterocycles. The van der Waals surface area contributed by atoms with E-state index in [0.717, 1.165) is 0 Å². The van der Waals surface area contributed by atoms with Crippen molar-refractivity contribution in [1.29, 1.82) is 0 Å². The van der Waals surface area contributed by atoms with Gasteiger partial charge >= 0.3 is 0 Å². The highest BCUT2D eigenvalue weighted by atomic mass is 19.1. The van der Waals surface area contributed by atoms with Crippen molar-refractivity contribution < 1.29 is 13.2 Å². The molecule has 2 aromatic carbocycles. The SMILES string of the molecule is CNC(c1ccc(F)c(C)c1)c1c(F)ccc(C)c1F. The first-order valence-electron chi connectivity index (χ1n) is 6.33. The summed E-state index contributed by atoms with van der Waals surface area (Å²) in [6.07, 6.45) is 0. The van der Waals surface area contributed by atoms with Gasteiger partial charge in [0.15, 0.2) is 0 Å². The van der Waals surface area contributed by atoms with Gasteiger partial charge in [-0.15, -0.1) is 0 Å². The highest BCUT2D eigenvalue weighted by Crippen LogP contribution is 2.29. The second kappa shape index (κ2) is 5.67. The van der Waals surface area contributed by atoms with Crippen LogP contribution in [-0.2, 0) is 0 Å². The average molecular weight is 279 g/mol. The molecular weight excluding hydrogens is 263 g/mol. The number of hydrogen-bond acceptors (Lipinski definition) is 1. The van der Waals surface area contributed by atoms with Gasteiger partial charge in [0, 0.05) is 5.56 Å². The minimum atomic E-state index is -0.658. The minimum absolute atomic E-state index is 0.0430. The number of hydrogen-bond donors (Lipinski definition) is 1. The van der Waals surface area contributed by atoms with Gasteiger partial charge in [0.1, 0.15) is 17.5 Å². The first-order valence-corrected chi connectivity index (χ1v) is 6.33. The van der Waals surface area contributed by atoms with Crippen molar-refractivity contribution in [3.05, 3.63) is 70.0 Å². The van der Waals surface area contributed by atoms with E-state index >= 15 is 0 Å². The Balaban J connectivity index is 2.58. The van der Waals surface area contributed by atoms with Crippen LogP contribution in [0.25, 0.3) is 0 Å². The summed E-state index contributed by atoms with van der Waals surface area (Å²) in [4.78, 5) is 0. The Morgan fingerprint density at radius 3 is 2.15 bits per heavy atom. The molecule has 0 saturated carbocycles. The number of nitrogens with one attached hydrogen (secondary N) is 1. The van der Waals surface area contributed by atoms with Crippen molar-refractivity contribution in [3.8, 4) is 0 Å². The lowest BCUT2D eigenvalue weighted by Crippen LogP contribution is -2.21. The Kier molecular flexibility index (Phi) is 4.14. The van der Waals surface area contributed by atoms with Crippen molar-refractivity contribution in [2.24, 2.45) is 0 Å². The van der Waals surface area contributed by atoms with Gasteiger partial charge in [0.05, 0.1) is 6.04 Å². The van der Waals surface area contributed by atoms with Gasteiger partial charge in [-0.3, -0.25) is 0 Å². The van der Waals surface area contributed by atoms with Gasteiger partial charge in [-0.1, -0.05) is 18.2 Å². The van der Waals surface area contributed by atoms with Gasteiger partial charge < -0.3 is 5.32 Å². The Morgan fingerprint density at radius 1 is 0.900 bits per heavy atom. The Morgan fingerprint density at radius 2 is 1.55 bits per heavy atom. The summed E-state index contributed by atoms with van der Waals surface area (Å²) in [7, 11) is 1.62. The van der Waals surface area contributed by atoms with Crippen LogP contribution in [0, 0.1) is 31.3 Å². The molecule has 0 saturated heterocycles. The van der Waals surface area contributed by atoms with Gasteiger partial charge in [0.2, 0.25) is 0 Å². The molecule has 0 aliphatic heterocycles. The lowest BCUT2D eigenvalue weighted by atomic mass is 9.95. The van der Waals surface area contributed by atoms with Gasteiger partial charge in [-0.05, 0) is 49.7 Å². The van der Waals surface area contributed by atoms with Crippen LogP contribution in [-0.4, -0.2) is 7.05 Å². The molecule has 20 heavy (non-hydrogen) atoms. The van der Waals surface area contributed by atoms with Crippen LogP contribution in [0.5, 0.6) is 0 Å². The van der Waals surface area contributed by atoms with Crippen LogP contribution >= 0.6 is 0 Å². The molecule has 0 fully saturated rings. The summed E-state index contributed by atoms with van der Waals surface area (Å²) in [5, 5.41) is 2.89. The van der Waals surface area contributed by atoms with Crippen LogP contribution in [0.4, 0.5) is 13.2 Å². The molecule has 1 atom stereocenters. The molecule has 0 amide bonds. The van der Waals surface area contributed by atoms with E-state index < -0.39 is 17.7 Å². The molecule has 2 aromatic rings. The standard InChI is InChI=1S/C16H16F3N/c1-9-4-6-13(18)14(15(9)19)16(20-3)11-5-7-12(17)10(2)8-11/h4-8,16,20H,1-3H3. The predicted octanol–water partition coefficient (Wildman–Crippen LogP) is 4.03. The topological polar surface area (TPSA) is 12.0 Å². The molecule has 4 heteroatoms. The quantitative estimate of drug-likeness (QED) is 0.894. The Labute approximate surface area is 116 Å². The third kappa shape index (κ3) is 2.56. The fourth-order valence-corrected chi connectivity index (χ4v) is 2.27. The molecule has 2 rings (SSSR count). The monoisotopic (exact) mass is 279 g/mol. The van der Waals surface area contributed by atoms with Crippen molar-refractivity contribution in [3.63, 3.8) is 0 Å². The summed E-state index contributed by atoms with van der Waals surface area (Å²) >= 11 is 0. The fourth-order valence-electron chi connectivity index (χ4n) is 2.27. The van der Waals surface area contributed by atoms with Crippen molar-refractivity contribution >= 4 is 0 Å². The first kappa shape index (κ1) is 14.6. The fraction of sp³-hybridized carbons (Fsp3) is 0.250. The molecule has 1 N–H and O–H groups in total. The molecule has 0 aliphatic carbocycles. The van der Waals surface area contributed by atoms with Gasteiger partial charge in [-0.25, -0.2) is 13.2 Å². The number of aryl methyl sites for hydroxylation is 2. The summed E-state index contributed by atoms with van der Waals surface area (Å²) < 4.78 is 41.5. The maximum Gasteiger partial charge on any atom is 0.134 e. The molecule has 0 aliphatic rings. The smallest absolute Gasteiger partial charge is 0.134 e. The maximum atomic E-state index is 14.2. The van der Waals surface area contributed by atoms with E-state index in [1.54, 1.807) is 27.0 Å². The van der Waals surface area contributed by atoms with Gasteiger partial charge in [-0.2, -0.15) is 0 Å². The summed E-state index contributed by atoms with van der Waals surface area (Å²) in [6, 6.07) is 6.42. The van der Waals surface area contributed by atoms with E-state index in [1.807, 2.05) is 0 Å². The van der Waals surface area contributed by atoms with Crippen LogP contribution in [0.3, 0.4) is 0 Å². The van der Waals surface area contributed by atoms with Gasteiger partial charge in [0.25, 0.3) is 0 Å². The maximum absolute atomic E-state index is 14.2. The van der Waals surface area contributed by atoms with Crippen LogP contribution < -0.4 is 5.32 Å². The van der Waals surface area contributed by atoms with E-state index in [1.165, 1.54) is 24.3 Å². The van der Waals surface area contributed by atoms with Crippen LogP contribution in [0.2, 0.25) is 0 Å². The molecule has 1 unspecified atom stereocenters. The Hall–Kier alpha value is -1.81. The normalized spacial score (nSPS) is 12.5. The summed E-state index contributed by atoms with van der Waals surface area (Å²) in [6.45, 7) is 3.20. The summed E-state index contributed by atoms with van der Waals surface area (Å²) in [5.41, 5.74) is 1.39. The zero-order valence-corrected chi connectivity index (χ0v) is 11.6. The van der Waals surface area contributed by atoms with E-state index in [0.29, 0.717) is 16.7 Å². The molecule has 106 valence electrons. The lowest BCUT2D eigenvalue weighted by molar-refractivity contribution is 0.517. The van der Waals surface area contributed by atoms with Crippen molar-refractivity contribution in [1.82, 2.24) is 5.32 Å². The molecule has 1 nitrogen and oxygen atoms in total. The number of rotatable bonds is 3. The number of benzene rings is 2. The van der Waals surface area contributed by atoms with Crippen molar-refractivity contribution in [2.75, 3.05) is 7.05 Å². The third-order valence-corrected chi connectivity index (χ3v) is 3.41. The van der Waals surface area contributed by atoms with E-state index in [9.17, 15) is 13.2 Å². The molecular formula is C16H16F3N.